The van der Waals surface area contributed by atoms with E-state index in [0.717, 1.165) is 5.57 Å². The maximum Gasteiger partial charge on any atom is 0.152 e. The second-order valence-corrected chi connectivity index (χ2v) is 10.8. The Balaban J connectivity index is 1.76. The molecule has 0 heterocycles. The molecular formula is C26H39FN2O5. The van der Waals surface area contributed by atoms with Crippen molar-refractivity contribution in [3.8, 4) is 0 Å². The molecule has 8 heteroatoms. The molecule has 8 atom stereocenters. The van der Waals surface area contributed by atoms with E-state index in [1.54, 1.807) is 13.0 Å². The minimum absolute atomic E-state index is 0.0628. The summed E-state index contributed by atoms with van der Waals surface area (Å²) in [5.74, 6) is -0.925. The van der Waals surface area contributed by atoms with E-state index in [1.807, 2.05) is 39.8 Å². The molecule has 0 spiro atoms. The maximum absolute atomic E-state index is 17.4. The van der Waals surface area contributed by atoms with Crippen LogP contribution in [0.2, 0.25) is 0 Å². The lowest BCUT2D eigenvalue weighted by Gasteiger charge is -2.62. The van der Waals surface area contributed by atoms with Crippen molar-refractivity contribution in [3.05, 3.63) is 23.8 Å². The van der Waals surface area contributed by atoms with Gasteiger partial charge in [0.15, 0.2) is 5.67 Å². The van der Waals surface area contributed by atoms with Gasteiger partial charge in [-0.3, -0.25) is 0 Å². The lowest BCUT2D eigenvalue weighted by molar-refractivity contribution is -0.209. The van der Waals surface area contributed by atoms with Gasteiger partial charge in [0.25, 0.3) is 0 Å². The summed E-state index contributed by atoms with van der Waals surface area (Å²) < 4.78 is 17.4. The van der Waals surface area contributed by atoms with Crippen LogP contribution in [-0.2, 0) is 9.68 Å². The van der Waals surface area contributed by atoms with Gasteiger partial charge in [-0.25, -0.2) is 4.39 Å². The number of halogens is 1. The van der Waals surface area contributed by atoms with Gasteiger partial charge in [0.2, 0.25) is 0 Å². The third-order valence-corrected chi connectivity index (χ3v) is 9.43. The Morgan fingerprint density at radius 2 is 1.91 bits per heavy atom. The highest BCUT2D eigenvalue weighted by Crippen LogP contribution is 2.70. The Labute approximate surface area is 201 Å². The minimum Gasteiger partial charge on any atom is -0.396 e. The van der Waals surface area contributed by atoms with Gasteiger partial charge in [-0.05, 0) is 70.4 Å². The Morgan fingerprint density at radius 1 is 1.21 bits per heavy atom. The van der Waals surface area contributed by atoms with E-state index in [1.165, 1.54) is 0 Å². The van der Waals surface area contributed by atoms with Gasteiger partial charge >= 0.3 is 0 Å². The fourth-order valence-corrected chi connectivity index (χ4v) is 7.73. The van der Waals surface area contributed by atoms with E-state index in [0.29, 0.717) is 38.2 Å². The summed E-state index contributed by atoms with van der Waals surface area (Å²) in [4.78, 5) is 10.4. The zero-order valence-electron chi connectivity index (χ0n) is 20.9. The van der Waals surface area contributed by atoms with E-state index >= 15 is 4.39 Å². The van der Waals surface area contributed by atoms with Crippen molar-refractivity contribution < 1.29 is 29.4 Å². The second-order valence-electron chi connectivity index (χ2n) is 10.8. The highest BCUT2D eigenvalue weighted by molar-refractivity contribution is 6.05. The normalized spacial score (nSPS) is 47.0. The van der Waals surface area contributed by atoms with Crippen molar-refractivity contribution in [2.45, 2.75) is 77.7 Å². The number of hydrogen-bond acceptors (Lipinski definition) is 7. The van der Waals surface area contributed by atoms with Crippen molar-refractivity contribution in [3.63, 3.8) is 0 Å². The molecule has 0 aromatic heterocycles. The third kappa shape index (κ3) is 3.17. The van der Waals surface area contributed by atoms with Crippen molar-refractivity contribution >= 4 is 11.4 Å². The zero-order chi connectivity index (χ0) is 24.9. The highest BCUT2D eigenvalue weighted by Gasteiger charge is 2.75. The van der Waals surface area contributed by atoms with Crippen LogP contribution >= 0.6 is 0 Å². The molecule has 0 aromatic carbocycles. The lowest BCUT2D eigenvalue weighted by Crippen LogP contribution is -2.69. The van der Waals surface area contributed by atoms with Gasteiger partial charge in [-0.2, -0.15) is 0 Å². The molecule has 0 saturated heterocycles. The molecule has 0 bridgehead atoms. The topological polar surface area (TPSA) is 104 Å². The maximum atomic E-state index is 17.4. The molecule has 3 N–H and O–H groups in total. The molecule has 4 aliphatic carbocycles. The number of nitrogens with zero attached hydrogens (tertiary/aromatic N) is 2. The first-order chi connectivity index (χ1) is 16.0. The number of rotatable bonds is 6. The Kier molecular flexibility index (Phi) is 6.49. The molecule has 190 valence electrons. The quantitative estimate of drug-likeness (QED) is 0.400. The number of allylic oxidation sites excluding steroid dienone is 4. The first kappa shape index (κ1) is 25.3. The largest absolute Gasteiger partial charge is 0.396 e. The molecule has 4 rings (SSSR count). The van der Waals surface area contributed by atoms with Crippen LogP contribution in [0.15, 0.2) is 34.1 Å². The van der Waals surface area contributed by atoms with Crippen LogP contribution in [0.5, 0.6) is 0 Å². The van der Waals surface area contributed by atoms with Gasteiger partial charge in [-0.15, -0.1) is 0 Å². The summed E-state index contributed by atoms with van der Waals surface area (Å²) in [6.45, 7) is 9.64. The van der Waals surface area contributed by atoms with E-state index in [2.05, 4.69) is 10.3 Å². The van der Waals surface area contributed by atoms with Crippen LogP contribution in [0, 0.1) is 28.6 Å². The summed E-state index contributed by atoms with van der Waals surface area (Å²) in [7, 11) is 0. The fourth-order valence-electron chi connectivity index (χ4n) is 7.73. The van der Waals surface area contributed by atoms with Crippen molar-refractivity contribution in [2.75, 3.05) is 19.8 Å². The zero-order valence-corrected chi connectivity index (χ0v) is 20.9. The Bertz CT molecular complexity index is 934. The molecule has 3 saturated carbocycles. The van der Waals surface area contributed by atoms with Gasteiger partial charge in [0.05, 0.1) is 12.7 Å². The fraction of sp³-hybridized carbons (Fsp3) is 0.769. The van der Waals surface area contributed by atoms with E-state index in [4.69, 9.17) is 9.68 Å². The summed E-state index contributed by atoms with van der Waals surface area (Å²) in [6, 6.07) is 0. The van der Waals surface area contributed by atoms with Gasteiger partial charge in [0, 0.05) is 16.7 Å². The smallest absolute Gasteiger partial charge is 0.152 e. The number of hydrogen-bond donors (Lipinski definition) is 3. The average molecular weight is 479 g/mol. The molecule has 7 nitrogen and oxygen atoms in total. The van der Waals surface area contributed by atoms with E-state index < -0.39 is 40.7 Å². The highest BCUT2D eigenvalue weighted by atomic mass is 19.1. The Hall–Kier alpha value is -1.77. The predicted octanol–water partition coefficient (Wildman–Crippen LogP) is 3.54. The molecule has 4 aliphatic rings. The number of aliphatic hydroxyl groups is 3. The molecule has 0 aliphatic heterocycles. The molecule has 0 radical (unpaired) electrons. The van der Waals surface area contributed by atoms with Gasteiger partial charge in [0.1, 0.15) is 30.2 Å². The van der Waals surface area contributed by atoms with Crippen LogP contribution in [0.1, 0.15) is 60.3 Å². The molecular weight excluding hydrogens is 439 g/mol. The van der Waals surface area contributed by atoms with Crippen LogP contribution in [-0.4, -0.2) is 63.9 Å². The minimum atomic E-state index is -1.89. The van der Waals surface area contributed by atoms with Crippen molar-refractivity contribution in [1.82, 2.24) is 0 Å². The van der Waals surface area contributed by atoms with Crippen LogP contribution in [0.4, 0.5) is 4.39 Å². The first-order valence-corrected chi connectivity index (χ1v) is 12.5. The summed E-state index contributed by atoms with van der Waals surface area (Å²) in [5, 5.41) is 41.8. The van der Waals surface area contributed by atoms with Crippen molar-refractivity contribution in [2.24, 2.45) is 38.9 Å². The molecule has 3 fully saturated rings. The van der Waals surface area contributed by atoms with E-state index in [9.17, 15) is 15.3 Å². The third-order valence-electron chi connectivity index (χ3n) is 9.43. The molecule has 0 amide bonds. The van der Waals surface area contributed by atoms with Gasteiger partial charge in [-0.1, -0.05) is 35.8 Å². The summed E-state index contributed by atoms with van der Waals surface area (Å²) in [6.07, 6.45) is 6.07. The monoisotopic (exact) mass is 478 g/mol. The molecule has 34 heavy (non-hydrogen) atoms. The SMILES string of the molecule is CCO/N=C1/C=C[C@@]2(C)C(=C1)CC[C@H]1[C@@H]3C[C@H](C)[C@](O)(/C(CO)=N\OCC)[C@@]3(C)C[C@H](O)[C@@]12F. The average Bonchev–Trinajstić information content (AvgIpc) is 3.00. The summed E-state index contributed by atoms with van der Waals surface area (Å²) in [5.41, 5.74) is -3.52. The van der Waals surface area contributed by atoms with E-state index in [-0.39, 0.29) is 24.0 Å². The van der Waals surface area contributed by atoms with Crippen LogP contribution in [0.3, 0.4) is 0 Å². The van der Waals surface area contributed by atoms with Crippen molar-refractivity contribution in [1.29, 1.82) is 0 Å². The molecule has 0 unspecified atom stereocenters. The number of alkyl halides is 1. The molecule has 0 aromatic rings. The van der Waals surface area contributed by atoms with Crippen LogP contribution in [0.25, 0.3) is 0 Å². The second kappa shape index (κ2) is 8.71. The number of aliphatic hydroxyl groups excluding tert-OH is 2. The lowest BCUT2D eigenvalue weighted by atomic mass is 9.44. The standard InChI is InChI=1S/C26H39FN2O5/c1-6-33-28-18-10-11-23(4)17(13-18)8-9-19-20-12-16(3)26(32,21(15-30)29-34-7-2)24(20,5)14-22(31)25(19,23)27/h10-11,13,16,19-20,22,30-32H,6-9,12,14-15H2,1-5H3/b28-18-,29-21-/t16-,19-,20-,22-,23-,24-,25-,26-/m0/s1. The number of oxime groups is 2. The Morgan fingerprint density at radius 3 is 2.56 bits per heavy atom. The summed E-state index contributed by atoms with van der Waals surface area (Å²) >= 11 is 0. The van der Waals surface area contributed by atoms with Crippen LogP contribution < -0.4 is 0 Å². The first-order valence-electron chi connectivity index (χ1n) is 12.5. The van der Waals surface area contributed by atoms with Gasteiger partial charge < -0.3 is 25.0 Å². The predicted molar refractivity (Wildman–Crippen MR) is 128 cm³/mol. The number of fused-ring (bicyclic) bond motifs is 5.